The van der Waals surface area contributed by atoms with Gasteiger partial charge in [-0.2, -0.15) is 4.98 Å². The Bertz CT molecular complexity index is 1300. The minimum atomic E-state index is 0.633. The van der Waals surface area contributed by atoms with Gasteiger partial charge in [0.1, 0.15) is 5.82 Å². The molecular weight excluding hydrogens is 372 g/mol. The molecule has 3 N–H and O–H groups in total. The molecule has 3 aromatic heterocycles. The van der Waals surface area contributed by atoms with Crippen LogP contribution in [0.15, 0.2) is 73.1 Å². The van der Waals surface area contributed by atoms with Gasteiger partial charge in [0.05, 0.1) is 6.67 Å². The summed E-state index contributed by atoms with van der Waals surface area (Å²) in [6.45, 7) is 3.55. The average Bonchev–Trinajstić information content (AvgIpc) is 3.33. The molecule has 0 radical (unpaired) electrons. The van der Waals surface area contributed by atoms with Gasteiger partial charge in [-0.15, -0.1) is 0 Å². The Labute approximate surface area is 175 Å². The molecule has 0 saturated heterocycles. The van der Waals surface area contributed by atoms with E-state index >= 15 is 0 Å². The smallest absolute Gasteiger partial charge is 0.224 e. The van der Waals surface area contributed by atoms with Crippen molar-refractivity contribution in [3.8, 4) is 0 Å². The van der Waals surface area contributed by atoms with Crippen molar-refractivity contribution >= 4 is 33.6 Å². The molecule has 5 aromatic rings. The van der Waals surface area contributed by atoms with Crippen LogP contribution in [0.3, 0.4) is 0 Å². The summed E-state index contributed by atoms with van der Waals surface area (Å²) in [5, 5.41) is 9.27. The Morgan fingerprint density at radius 3 is 2.83 bits per heavy atom. The number of fused-ring (bicyclic) bond motifs is 2. The molecule has 0 atom stereocenters. The third-order valence-electron chi connectivity index (χ3n) is 5.44. The summed E-state index contributed by atoms with van der Waals surface area (Å²) >= 11 is 0. The Balaban J connectivity index is 1.22. The molecular formula is C24H24N6. The summed E-state index contributed by atoms with van der Waals surface area (Å²) in [5.74, 6) is 1.44. The molecule has 0 aliphatic heterocycles. The number of nitrogens with one attached hydrogen (secondary N) is 3. The van der Waals surface area contributed by atoms with Gasteiger partial charge in [0.25, 0.3) is 0 Å². The van der Waals surface area contributed by atoms with E-state index in [1.807, 2.05) is 12.1 Å². The number of rotatable bonds is 7. The molecule has 0 bridgehead atoms. The van der Waals surface area contributed by atoms with Gasteiger partial charge in [0, 0.05) is 41.1 Å². The number of H-pyrrole nitrogens is 1. The SMILES string of the molecule is Cc1cc2ccccc2n1CNc1ccnc(NCCc2c[nH]c3ccccc23)n1. The first-order valence-electron chi connectivity index (χ1n) is 10.2. The molecule has 0 aliphatic carbocycles. The third kappa shape index (κ3) is 3.59. The van der Waals surface area contributed by atoms with Crippen LogP contribution in [-0.4, -0.2) is 26.1 Å². The summed E-state index contributed by atoms with van der Waals surface area (Å²) < 4.78 is 2.25. The van der Waals surface area contributed by atoms with E-state index in [2.05, 4.69) is 91.8 Å². The number of para-hydroxylation sites is 2. The van der Waals surface area contributed by atoms with Gasteiger partial charge in [-0.1, -0.05) is 36.4 Å². The average molecular weight is 396 g/mol. The van der Waals surface area contributed by atoms with Gasteiger partial charge in [-0.3, -0.25) is 0 Å². The first-order valence-corrected chi connectivity index (χ1v) is 10.2. The first kappa shape index (κ1) is 18.2. The largest absolute Gasteiger partial charge is 0.361 e. The standard InChI is InChI=1S/C24H24N6/c1-17-14-18-6-2-5-9-22(18)30(17)16-28-23-11-13-26-24(29-23)25-12-10-19-15-27-21-8-4-3-7-20(19)21/h2-9,11,13-15,27H,10,12,16H2,1H3,(H2,25,26,28,29). The van der Waals surface area contributed by atoms with Gasteiger partial charge in [-0.25, -0.2) is 4.98 Å². The van der Waals surface area contributed by atoms with Gasteiger partial charge in [-0.05, 0) is 48.6 Å². The Hall–Kier alpha value is -3.80. The summed E-state index contributed by atoms with van der Waals surface area (Å²) in [7, 11) is 0. The number of benzene rings is 2. The molecule has 3 heterocycles. The number of hydrogen-bond acceptors (Lipinski definition) is 4. The summed E-state index contributed by atoms with van der Waals surface area (Å²) in [6.07, 6.45) is 4.76. The number of aryl methyl sites for hydroxylation is 1. The second kappa shape index (κ2) is 7.91. The van der Waals surface area contributed by atoms with E-state index in [9.17, 15) is 0 Å². The molecule has 5 rings (SSSR count). The van der Waals surface area contributed by atoms with Crippen molar-refractivity contribution in [2.75, 3.05) is 17.2 Å². The van der Waals surface area contributed by atoms with Crippen molar-refractivity contribution in [3.05, 3.63) is 84.3 Å². The highest BCUT2D eigenvalue weighted by Crippen LogP contribution is 2.20. The van der Waals surface area contributed by atoms with Crippen LogP contribution in [0.1, 0.15) is 11.3 Å². The van der Waals surface area contributed by atoms with E-state index in [1.165, 1.54) is 33.1 Å². The first-order chi connectivity index (χ1) is 14.8. The number of anilines is 2. The van der Waals surface area contributed by atoms with Crippen LogP contribution in [0, 0.1) is 6.92 Å². The highest BCUT2D eigenvalue weighted by molar-refractivity contribution is 5.83. The van der Waals surface area contributed by atoms with Crippen LogP contribution in [-0.2, 0) is 13.1 Å². The van der Waals surface area contributed by atoms with Crippen molar-refractivity contribution in [2.24, 2.45) is 0 Å². The molecule has 0 unspecified atom stereocenters. The Morgan fingerprint density at radius 1 is 1.00 bits per heavy atom. The van der Waals surface area contributed by atoms with Crippen molar-refractivity contribution in [2.45, 2.75) is 20.0 Å². The predicted octanol–water partition coefficient (Wildman–Crippen LogP) is 4.95. The zero-order valence-electron chi connectivity index (χ0n) is 16.9. The maximum Gasteiger partial charge on any atom is 0.224 e. The van der Waals surface area contributed by atoms with Crippen molar-refractivity contribution in [3.63, 3.8) is 0 Å². The van der Waals surface area contributed by atoms with E-state index in [4.69, 9.17) is 0 Å². The zero-order chi connectivity index (χ0) is 20.3. The van der Waals surface area contributed by atoms with Crippen LogP contribution in [0.2, 0.25) is 0 Å². The molecule has 2 aromatic carbocycles. The number of aromatic nitrogens is 4. The van der Waals surface area contributed by atoms with E-state index in [0.717, 1.165) is 18.8 Å². The molecule has 0 aliphatic rings. The second-order valence-electron chi connectivity index (χ2n) is 7.41. The molecule has 0 saturated carbocycles. The summed E-state index contributed by atoms with van der Waals surface area (Å²) in [5.41, 5.74) is 4.90. The molecule has 6 heteroatoms. The summed E-state index contributed by atoms with van der Waals surface area (Å²) in [4.78, 5) is 12.3. The van der Waals surface area contributed by atoms with Crippen LogP contribution in [0.4, 0.5) is 11.8 Å². The lowest BCUT2D eigenvalue weighted by Gasteiger charge is -2.11. The lowest BCUT2D eigenvalue weighted by Crippen LogP contribution is -2.12. The van der Waals surface area contributed by atoms with Gasteiger partial charge >= 0.3 is 0 Å². The van der Waals surface area contributed by atoms with Crippen LogP contribution < -0.4 is 10.6 Å². The molecule has 0 spiro atoms. The maximum absolute atomic E-state index is 4.61. The predicted molar refractivity (Wildman–Crippen MR) is 123 cm³/mol. The topological polar surface area (TPSA) is 70.6 Å². The minimum absolute atomic E-state index is 0.633. The van der Waals surface area contributed by atoms with Crippen molar-refractivity contribution < 1.29 is 0 Å². The maximum atomic E-state index is 4.61. The fraction of sp³-hybridized carbons (Fsp3) is 0.167. The van der Waals surface area contributed by atoms with Gasteiger partial charge in [0.2, 0.25) is 5.95 Å². The number of nitrogens with zero attached hydrogens (tertiary/aromatic N) is 3. The van der Waals surface area contributed by atoms with Crippen molar-refractivity contribution in [1.82, 2.24) is 19.5 Å². The minimum Gasteiger partial charge on any atom is -0.361 e. The lowest BCUT2D eigenvalue weighted by atomic mass is 10.1. The molecule has 150 valence electrons. The normalized spacial score (nSPS) is 11.2. The van der Waals surface area contributed by atoms with Crippen LogP contribution in [0.25, 0.3) is 21.8 Å². The molecule has 6 nitrogen and oxygen atoms in total. The van der Waals surface area contributed by atoms with E-state index < -0.39 is 0 Å². The molecule has 0 amide bonds. The molecule has 0 fully saturated rings. The highest BCUT2D eigenvalue weighted by Gasteiger charge is 2.06. The van der Waals surface area contributed by atoms with Gasteiger partial charge < -0.3 is 20.2 Å². The third-order valence-corrected chi connectivity index (χ3v) is 5.44. The fourth-order valence-corrected chi connectivity index (χ4v) is 3.91. The summed E-state index contributed by atoms with van der Waals surface area (Å²) in [6, 6.07) is 20.9. The monoisotopic (exact) mass is 396 g/mol. The quantitative estimate of drug-likeness (QED) is 0.364. The number of aromatic amines is 1. The van der Waals surface area contributed by atoms with Gasteiger partial charge in [0.15, 0.2) is 0 Å². The van der Waals surface area contributed by atoms with E-state index in [-0.39, 0.29) is 0 Å². The Morgan fingerprint density at radius 2 is 1.87 bits per heavy atom. The highest BCUT2D eigenvalue weighted by atomic mass is 15.2. The second-order valence-corrected chi connectivity index (χ2v) is 7.41. The van der Waals surface area contributed by atoms with E-state index in [0.29, 0.717) is 12.6 Å². The van der Waals surface area contributed by atoms with Crippen LogP contribution >= 0.6 is 0 Å². The van der Waals surface area contributed by atoms with E-state index in [1.54, 1.807) is 6.20 Å². The zero-order valence-corrected chi connectivity index (χ0v) is 16.9. The Kier molecular flexibility index (Phi) is 4.81. The fourth-order valence-electron chi connectivity index (χ4n) is 3.91. The molecule has 30 heavy (non-hydrogen) atoms. The van der Waals surface area contributed by atoms with Crippen molar-refractivity contribution in [1.29, 1.82) is 0 Å². The van der Waals surface area contributed by atoms with Crippen LogP contribution in [0.5, 0.6) is 0 Å². The lowest BCUT2D eigenvalue weighted by molar-refractivity contribution is 0.777. The number of hydrogen-bond donors (Lipinski definition) is 3.